The lowest BCUT2D eigenvalue weighted by atomic mass is 10.2. The van der Waals surface area contributed by atoms with Gasteiger partial charge in [0.2, 0.25) is 5.95 Å². The van der Waals surface area contributed by atoms with Gasteiger partial charge in [-0.25, -0.2) is 4.98 Å². The molecule has 1 aromatic heterocycles. The van der Waals surface area contributed by atoms with E-state index < -0.39 is 0 Å². The Balaban J connectivity index is 1.89. The number of hydrogen-bond donors (Lipinski definition) is 1. The number of aromatic nitrogens is 2. The van der Waals surface area contributed by atoms with Crippen LogP contribution in [0.1, 0.15) is 5.56 Å². The highest BCUT2D eigenvalue weighted by Gasteiger charge is 2.10. The zero-order chi connectivity index (χ0) is 17.8. The van der Waals surface area contributed by atoms with E-state index in [1.54, 1.807) is 14.2 Å². The topological polar surface area (TPSA) is 59.5 Å². The molecule has 0 bridgehead atoms. The number of para-hydroxylation sites is 1. The summed E-state index contributed by atoms with van der Waals surface area (Å²) in [5.41, 5.74) is 1.91. The maximum Gasteiger partial charge on any atom is 0.225 e. The van der Waals surface area contributed by atoms with E-state index in [4.69, 9.17) is 9.47 Å². The van der Waals surface area contributed by atoms with E-state index in [0.29, 0.717) is 12.5 Å². The van der Waals surface area contributed by atoms with E-state index in [0.717, 1.165) is 33.8 Å². The fourth-order valence-electron chi connectivity index (χ4n) is 2.65. The van der Waals surface area contributed by atoms with Gasteiger partial charge < -0.3 is 19.7 Å². The van der Waals surface area contributed by atoms with Crippen molar-refractivity contribution < 1.29 is 9.47 Å². The van der Waals surface area contributed by atoms with Crippen LogP contribution in [-0.4, -0.2) is 38.3 Å². The van der Waals surface area contributed by atoms with Gasteiger partial charge in [-0.2, -0.15) is 4.98 Å². The molecule has 1 N–H and O–H groups in total. The molecule has 0 aliphatic carbocycles. The molecule has 0 spiro atoms. The van der Waals surface area contributed by atoms with E-state index in [9.17, 15) is 0 Å². The molecule has 2 aromatic carbocycles. The third kappa shape index (κ3) is 3.57. The van der Waals surface area contributed by atoms with Gasteiger partial charge in [-0.3, -0.25) is 0 Å². The van der Waals surface area contributed by atoms with Crippen LogP contribution in [0.3, 0.4) is 0 Å². The number of fused-ring (bicyclic) bond motifs is 1. The van der Waals surface area contributed by atoms with E-state index in [1.807, 2.05) is 61.5 Å². The lowest BCUT2D eigenvalue weighted by Gasteiger charge is -2.16. The molecule has 0 amide bonds. The third-order valence-corrected chi connectivity index (χ3v) is 3.94. The summed E-state index contributed by atoms with van der Waals surface area (Å²) < 4.78 is 10.7. The molecule has 6 nitrogen and oxygen atoms in total. The maximum atomic E-state index is 5.44. The smallest absolute Gasteiger partial charge is 0.225 e. The monoisotopic (exact) mass is 338 g/mol. The van der Waals surface area contributed by atoms with Crippen LogP contribution in [-0.2, 0) is 6.54 Å². The van der Waals surface area contributed by atoms with E-state index in [2.05, 4.69) is 15.3 Å². The van der Waals surface area contributed by atoms with Crippen molar-refractivity contribution in [3.8, 4) is 11.5 Å². The average Bonchev–Trinajstić information content (AvgIpc) is 2.65. The fourth-order valence-corrected chi connectivity index (χ4v) is 2.65. The molecule has 0 fully saturated rings. The molecule has 25 heavy (non-hydrogen) atoms. The van der Waals surface area contributed by atoms with Gasteiger partial charge in [0, 0.05) is 37.7 Å². The number of rotatable bonds is 6. The average molecular weight is 338 g/mol. The first kappa shape index (κ1) is 16.8. The fraction of sp³-hybridized carbons (Fsp3) is 0.263. The predicted octanol–water partition coefficient (Wildman–Crippen LogP) is 3.33. The summed E-state index contributed by atoms with van der Waals surface area (Å²) in [7, 11) is 7.24. The van der Waals surface area contributed by atoms with Crippen LogP contribution in [0.25, 0.3) is 10.9 Å². The van der Waals surface area contributed by atoms with Gasteiger partial charge in [0.05, 0.1) is 19.7 Å². The summed E-state index contributed by atoms with van der Waals surface area (Å²) in [6.45, 7) is 0.554. The number of nitrogens with zero attached hydrogens (tertiary/aromatic N) is 3. The Bertz CT molecular complexity index is 880. The number of hydrogen-bond acceptors (Lipinski definition) is 6. The van der Waals surface area contributed by atoms with Crippen molar-refractivity contribution in [2.75, 3.05) is 38.5 Å². The summed E-state index contributed by atoms with van der Waals surface area (Å²) in [5.74, 6) is 2.99. The minimum absolute atomic E-state index is 0.554. The normalized spacial score (nSPS) is 10.6. The molecule has 0 saturated carbocycles. The Morgan fingerprint density at radius 2 is 1.80 bits per heavy atom. The van der Waals surface area contributed by atoms with Gasteiger partial charge >= 0.3 is 0 Å². The van der Waals surface area contributed by atoms with Crippen molar-refractivity contribution in [3.05, 3.63) is 48.0 Å². The van der Waals surface area contributed by atoms with Crippen molar-refractivity contribution in [1.29, 1.82) is 0 Å². The van der Waals surface area contributed by atoms with Crippen LogP contribution in [0.5, 0.6) is 11.5 Å². The van der Waals surface area contributed by atoms with Crippen LogP contribution >= 0.6 is 0 Å². The Kier molecular flexibility index (Phi) is 4.88. The highest BCUT2D eigenvalue weighted by atomic mass is 16.5. The van der Waals surface area contributed by atoms with Crippen LogP contribution in [0.15, 0.2) is 42.5 Å². The summed E-state index contributed by atoms with van der Waals surface area (Å²) in [4.78, 5) is 11.2. The van der Waals surface area contributed by atoms with Gasteiger partial charge in [-0.05, 0) is 24.3 Å². The summed E-state index contributed by atoms with van der Waals surface area (Å²) >= 11 is 0. The molecule has 0 aliphatic heterocycles. The van der Waals surface area contributed by atoms with Crippen LogP contribution in [0, 0.1) is 0 Å². The first-order valence-corrected chi connectivity index (χ1v) is 8.01. The first-order valence-electron chi connectivity index (χ1n) is 8.01. The highest BCUT2D eigenvalue weighted by Crippen LogP contribution is 2.26. The summed E-state index contributed by atoms with van der Waals surface area (Å²) in [5, 5.41) is 4.32. The predicted molar refractivity (Wildman–Crippen MR) is 101 cm³/mol. The minimum Gasteiger partial charge on any atom is -0.497 e. The lowest BCUT2D eigenvalue weighted by molar-refractivity contribution is 0.391. The van der Waals surface area contributed by atoms with Crippen LogP contribution in [0.4, 0.5) is 11.8 Å². The molecule has 0 unspecified atom stereocenters. The zero-order valence-corrected chi connectivity index (χ0v) is 14.9. The number of benzene rings is 2. The highest BCUT2D eigenvalue weighted by molar-refractivity contribution is 5.90. The molecule has 0 aliphatic rings. The molecule has 0 atom stereocenters. The van der Waals surface area contributed by atoms with Crippen molar-refractivity contribution in [3.63, 3.8) is 0 Å². The number of anilines is 2. The molecular weight excluding hydrogens is 316 g/mol. The van der Waals surface area contributed by atoms with E-state index in [1.165, 1.54) is 0 Å². The Morgan fingerprint density at radius 3 is 2.52 bits per heavy atom. The molecule has 130 valence electrons. The molecular formula is C19H22N4O2. The largest absolute Gasteiger partial charge is 0.497 e. The standard InChI is InChI=1S/C19H22N4O2/c1-23(2)18-15-7-5-6-8-16(15)21-19(22-18)20-12-13-9-10-14(24-3)11-17(13)25-4/h5-11H,12H2,1-4H3,(H,20,21,22). The second-order valence-corrected chi connectivity index (χ2v) is 5.81. The van der Waals surface area contributed by atoms with Gasteiger partial charge in [0.1, 0.15) is 17.3 Å². The molecule has 3 aromatic rings. The third-order valence-electron chi connectivity index (χ3n) is 3.94. The summed E-state index contributed by atoms with van der Waals surface area (Å²) in [6, 6.07) is 13.7. The molecule has 3 rings (SSSR count). The first-order chi connectivity index (χ1) is 12.1. The van der Waals surface area contributed by atoms with E-state index >= 15 is 0 Å². The maximum absolute atomic E-state index is 5.44. The second kappa shape index (κ2) is 7.25. The van der Waals surface area contributed by atoms with Gasteiger partial charge in [-0.1, -0.05) is 12.1 Å². The van der Waals surface area contributed by atoms with Crippen molar-refractivity contribution in [2.45, 2.75) is 6.54 Å². The SMILES string of the molecule is COc1ccc(CNc2nc(N(C)C)c3ccccc3n2)c(OC)c1. The lowest BCUT2D eigenvalue weighted by Crippen LogP contribution is -2.14. The van der Waals surface area contributed by atoms with E-state index in [-0.39, 0.29) is 0 Å². The number of nitrogens with one attached hydrogen (secondary N) is 1. The number of methoxy groups -OCH3 is 2. The van der Waals surface area contributed by atoms with Crippen molar-refractivity contribution in [1.82, 2.24) is 9.97 Å². The van der Waals surface area contributed by atoms with Crippen LogP contribution in [0.2, 0.25) is 0 Å². The van der Waals surface area contributed by atoms with Crippen molar-refractivity contribution >= 4 is 22.7 Å². The summed E-state index contributed by atoms with van der Waals surface area (Å²) in [6.07, 6.45) is 0. The van der Waals surface area contributed by atoms with Crippen molar-refractivity contribution in [2.24, 2.45) is 0 Å². The minimum atomic E-state index is 0.554. The number of ether oxygens (including phenoxy) is 2. The Hall–Kier alpha value is -3.02. The Labute approximate surface area is 147 Å². The zero-order valence-electron chi connectivity index (χ0n) is 14.9. The van der Waals surface area contributed by atoms with Gasteiger partial charge in [0.25, 0.3) is 0 Å². The second-order valence-electron chi connectivity index (χ2n) is 5.81. The quantitative estimate of drug-likeness (QED) is 0.744. The molecule has 0 saturated heterocycles. The Morgan fingerprint density at radius 1 is 1.00 bits per heavy atom. The van der Waals surface area contributed by atoms with Gasteiger partial charge in [-0.15, -0.1) is 0 Å². The molecule has 1 heterocycles. The van der Waals surface area contributed by atoms with Crippen LogP contribution < -0.4 is 19.7 Å². The molecule has 0 radical (unpaired) electrons. The molecule has 6 heteroatoms. The van der Waals surface area contributed by atoms with Gasteiger partial charge in [0.15, 0.2) is 0 Å².